The fourth-order valence-electron chi connectivity index (χ4n) is 2.05. The van der Waals surface area contributed by atoms with Crippen LogP contribution in [0, 0.1) is 0 Å². The Kier molecular flexibility index (Phi) is 6.97. The SMILES string of the molecule is CC(=O)N[C@H](C)C(=O)Nc1ccccc1CN(C)C(=O)OC(C)(C)C. The molecule has 0 heterocycles. The van der Waals surface area contributed by atoms with Gasteiger partial charge in [0.2, 0.25) is 11.8 Å². The van der Waals surface area contributed by atoms with Crippen molar-refractivity contribution in [2.24, 2.45) is 0 Å². The van der Waals surface area contributed by atoms with Gasteiger partial charge in [-0.25, -0.2) is 4.79 Å². The van der Waals surface area contributed by atoms with E-state index in [1.165, 1.54) is 11.8 Å². The molecule has 0 saturated heterocycles. The van der Waals surface area contributed by atoms with Gasteiger partial charge in [-0.15, -0.1) is 0 Å². The van der Waals surface area contributed by atoms with Gasteiger partial charge in [0.15, 0.2) is 0 Å². The molecule has 1 aromatic rings. The monoisotopic (exact) mass is 349 g/mol. The predicted molar refractivity (Wildman–Crippen MR) is 96.1 cm³/mol. The number of amides is 3. The van der Waals surface area contributed by atoms with Gasteiger partial charge in [-0.3, -0.25) is 9.59 Å². The summed E-state index contributed by atoms with van der Waals surface area (Å²) >= 11 is 0. The van der Waals surface area contributed by atoms with Crippen LogP contribution >= 0.6 is 0 Å². The zero-order chi connectivity index (χ0) is 19.2. The summed E-state index contributed by atoms with van der Waals surface area (Å²) < 4.78 is 5.33. The van der Waals surface area contributed by atoms with Crippen LogP contribution in [0.1, 0.15) is 40.2 Å². The van der Waals surface area contributed by atoms with E-state index in [1.807, 2.05) is 12.1 Å². The van der Waals surface area contributed by atoms with Crippen LogP contribution < -0.4 is 10.6 Å². The van der Waals surface area contributed by atoms with E-state index in [1.54, 1.807) is 46.9 Å². The first-order chi connectivity index (χ1) is 11.5. The van der Waals surface area contributed by atoms with Crippen LogP contribution in [-0.4, -0.2) is 41.5 Å². The summed E-state index contributed by atoms with van der Waals surface area (Å²) in [5, 5.41) is 5.31. The lowest BCUT2D eigenvalue weighted by atomic mass is 10.1. The molecule has 0 unspecified atom stereocenters. The van der Waals surface area contributed by atoms with E-state index in [-0.39, 0.29) is 18.4 Å². The van der Waals surface area contributed by atoms with E-state index in [2.05, 4.69) is 10.6 Å². The van der Waals surface area contributed by atoms with E-state index in [0.717, 1.165) is 5.56 Å². The molecule has 0 saturated carbocycles. The van der Waals surface area contributed by atoms with Gasteiger partial charge in [-0.1, -0.05) is 18.2 Å². The summed E-state index contributed by atoms with van der Waals surface area (Å²) in [6.45, 7) is 8.64. The first-order valence-electron chi connectivity index (χ1n) is 8.09. The third-order valence-corrected chi connectivity index (χ3v) is 3.20. The van der Waals surface area contributed by atoms with E-state index >= 15 is 0 Å². The highest BCUT2D eigenvalue weighted by Crippen LogP contribution is 2.18. The predicted octanol–water partition coefficient (Wildman–Crippen LogP) is 2.52. The fraction of sp³-hybridized carbons (Fsp3) is 0.500. The Morgan fingerprint density at radius 2 is 1.80 bits per heavy atom. The average Bonchev–Trinajstić information content (AvgIpc) is 2.46. The van der Waals surface area contributed by atoms with Gasteiger partial charge in [0.1, 0.15) is 11.6 Å². The lowest BCUT2D eigenvalue weighted by Gasteiger charge is -2.25. The van der Waals surface area contributed by atoms with Crippen LogP contribution in [-0.2, 0) is 20.9 Å². The van der Waals surface area contributed by atoms with Crippen LogP contribution in [0.15, 0.2) is 24.3 Å². The molecular formula is C18H27N3O4. The van der Waals surface area contributed by atoms with Crippen molar-refractivity contribution in [2.75, 3.05) is 12.4 Å². The van der Waals surface area contributed by atoms with Gasteiger partial charge in [-0.05, 0) is 39.3 Å². The van der Waals surface area contributed by atoms with Gasteiger partial charge >= 0.3 is 6.09 Å². The summed E-state index contributed by atoms with van der Waals surface area (Å²) in [5.74, 6) is -0.608. The summed E-state index contributed by atoms with van der Waals surface area (Å²) in [7, 11) is 1.63. The number of nitrogens with one attached hydrogen (secondary N) is 2. The number of benzene rings is 1. The third kappa shape index (κ3) is 7.24. The largest absolute Gasteiger partial charge is 0.444 e. The first-order valence-corrected chi connectivity index (χ1v) is 8.09. The summed E-state index contributed by atoms with van der Waals surface area (Å²) in [6.07, 6.45) is -0.444. The number of carbonyl (C=O) groups excluding carboxylic acids is 3. The molecule has 0 aromatic heterocycles. The Bertz CT molecular complexity index is 637. The van der Waals surface area contributed by atoms with E-state index in [0.29, 0.717) is 5.69 Å². The van der Waals surface area contributed by atoms with Crippen molar-refractivity contribution in [1.29, 1.82) is 0 Å². The molecule has 0 fully saturated rings. The maximum Gasteiger partial charge on any atom is 0.410 e. The Hall–Kier alpha value is -2.57. The topological polar surface area (TPSA) is 87.7 Å². The molecule has 7 heteroatoms. The van der Waals surface area contributed by atoms with Gasteiger partial charge in [0.05, 0.1) is 6.54 Å². The molecule has 7 nitrogen and oxygen atoms in total. The molecular weight excluding hydrogens is 322 g/mol. The second-order valence-electron chi connectivity index (χ2n) is 6.91. The van der Waals surface area contributed by atoms with Crippen molar-refractivity contribution in [2.45, 2.75) is 52.8 Å². The quantitative estimate of drug-likeness (QED) is 0.855. The number of para-hydroxylation sites is 1. The van der Waals surface area contributed by atoms with Gasteiger partial charge < -0.3 is 20.3 Å². The minimum absolute atomic E-state index is 0.277. The minimum Gasteiger partial charge on any atom is -0.444 e. The molecule has 1 atom stereocenters. The smallest absolute Gasteiger partial charge is 0.410 e. The van der Waals surface area contributed by atoms with Gasteiger partial charge in [0.25, 0.3) is 0 Å². The second-order valence-corrected chi connectivity index (χ2v) is 6.91. The summed E-state index contributed by atoms with van der Waals surface area (Å²) in [5.41, 5.74) is 0.770. The van der Waals surface area contributed by atoms with Crippen LogP contribution in [0.2, 0.25) is 0 Å². The molecule has 138 valence electrons. The Balaban J connectivity index is 2.81. The first kappa shape index (κ1) is 20.5. The standard InChI is InChI=1S/C18H27N3O4/c1-12(19-13(2)22)16(23)20-15-10-8-7-9-14(15)11-21(6)17(24)25-18(3,4)5/h7-10,12H,11H2,1-6H3,(H,19,22)(H,20,23)/t12-/m1/s1. The van der Waals surface area contributed by atoms with Crippen LogP contribution in [0.3, 0.4) is 0 Å². The molecule has 0 bridgehead atoms. The molecule has 2 N–H and O–H groups in total. The van der Waals surface area contributed by atoms with Crippen molar-refractivity contribution < 1.29 is 19.1 Å². The van der Waals surface area contributed by atoms with Crippen LogP contribution in [0.5, 0.6) is 0 Å². The lowest BCUT2D eigenvalue weighted by Crippen LogP contribution is -2.40. The lowest BCUT2D eigenvalue weighted by molar-refractivity contribution is -0.124. The van der Waals surface area contributed by atoms with Crippen molar-refractivity contribution in [3.63, 3.8) is 0 Å². The van der Waals surface area contributed by atoms with E-state index in [9.17, 15) is 14.4 Å². The molecule has 1 aromatic carbocycles. The highest BCUT2D eigenvalue weighted by atomic mass is 16.6. The van der Waals surface area contributed by atoms with E-state index < -0.39 is 17.7 Å². The fourth-order valence-corrected chi connectivity index (χ4v) is 2.05. The van der Waals surface area contributed by atoms with Crippen LogP contribution in [0.25, 0.3) is 0 Å². The highest BCUT2D eigenvalue weighted by molar-refractivity contribution is 5.97. The van der Waals surface area contributed by atoms with Crippen LogP contribution in [0.4, 0.5) is 10.5 Å². The molecule has 0 radical (unpaired) electrons. The van der Waals surface area contributed by atoms with Gasteiger partial charge in [0, 0.05) is 19.7 Å². The Morgan fingerprint density at radius 3 is 2.36 bits per heavy atom. The zero-order valence-corrected chi connectivity index (χ0v) is 15.7. The number of anilines is 1. The third-order valence-electron chi connectivity index (χ3n) is 3.20. The highest BCUT2D eigenvalue weighted by Gasteiger charge is 2.21. The maximum absolute atomic E-state index is 12.2. The van der Waals surface area contributed by atoms with E-state index in [4.69, 9.17) is 4.74 Å². The second kappa shape index (κ2) is 8.50. The van der Waals surface area contributed by atoms with Crippen molar-refractivity contribution in [3.05, 3.63) is 29.8 Å². The number of nitrogens with zero attached hydrogens (tertiary/aromatic N) is 1. The Morgan fingerprint density at radius 1 is 1.20 bits per heavy atom. The normalized spacial score (nSPS) is 12.1. The average molecular weight is 349 g/mol. The summed E-state index contributed by atoms with van der Waals surface area (Å²) in [4.78, 5) is 36.8. The van der Waals surface area contributed by atoms with Crippen molar-refractivity contribution in [3.8, 4) is 0 Å². The summed E-state index contributed by atoms with van der Waals surface area (Å²) in [6, 6.07) is 6.52. The number of ether oxygens (including phenoxy) is 1. The molecule has 25 heavy (non-hydrogen) atoms. The minimum atomic E-state index is -0.658. The number of rotatable bonds is 5. The Labute approximate surface area is 148 Å². The molecule has 0 aliphatic rings. The number of hydrogen-bond acceptors (Lipinski definition) is 4. The number of hydrogen-bond donors (Lipinski definition) is 2. The van der Waals surface area contributed by atoms with Gasteiger partial charge in [-0.2, -0.15) is 0 Å². The molecule has 3 amide bonds. The maximum atomic E-state index is 12.2. The number of carbonyl (C=O) groups is 3. The van der Waals surface area contributed by atoms with Crippen molar-refractivity contribution in [1.82, 2.24) is 10.2 Å². The molecule has 0 spiro atoms. The molecule has 1 rings (SSSR count). The molecule has 0 aliphatic carbocycles. The van der Waals surface area contributed by atoms with Crippen molar-refractivity contribution >= 4 is 23.6 Å². The molecule has 0 aliphatic heterocycles. The zero-order valence-electron chi connectivity index (χ0n) is 15.7.